The number of carbonyl (C=O) groups is 4. The monoisotopic (exact) mass is 575 g/mol. The molecule has 0 radical (unpaired) electrons. The first-order valence-electron chi connectivity index (χ1n) is 12.7. The van der Waals surface area contributed by atoms with Gasteiger partial charge in [-0.3, -0.25) is 13.8 Å². The fourth-order valence-electron chi connectivity index (χ4n) is 3.67. The minimum Gasteiger partial charge on any atom is -0.508 e. The average molecular weight is 576 g/mol. The van der Waals surface area contributed by atoms with E-state index in [1.54, 1.807) is 63.2 Å². The number of ether oxygens (including phenoxy) is 1. The van der Waals surface area contributed by atoms with Crippen LogP contribution in [0.3, 0.4) is 0 Å². The number of hydrogen-bond acceptors (Lipinski definition) is 7. The quantitative estimate of drug-likeness (QED) is 0.241. The van der Waals surface area contributed by atoms with E-state index in [1.165, 1.54) is 18.4 Å². The van der Waals surface area contributed by atoms with E-state index in [-0.39, 0.29) is 30.8 Å². The molecule has 0 bridgehead atoms. The molecule has 5 N–H and O–H groups in total. The summed E-state index contributed by atoms with van der Waals surface area (Å²) < 4.78 is 17.1. The molecule has 11 nitrogen and oxygen atoms in total. The van der Waals surface area contributed by atoms with Crippen LogP contribution in [0.5, 0.6) is 5.75 Å². The number of carboxylic acids is 1. The third-order valence-corrected chi connectivity index (χ3v) is 6.42. The third kappa shape index (κ3) is 11.9. The molecule has 3 amide bonds. The van der Waals surface area contributed by atoms with Crippen molar-refractivity contribution in [1.29, 1.82) is 0 Å². The smallest absolute Gasteiger partial charge is 0.408 e. The predicted octanol–water partition coefficient (Wildman–Crippen LogP) is 1.89. The van der Waals surface area contributed by atoms with Crippen molar-refractivity contribution in [2.45, 2.75) is 63.8 Å². The van der Waals surface area contributed by atoms with Gasteiger partial charge in [0.25, 0.3) is 0 Å². The maximum Gasteiger partial charge on any atom is 0.408 e. The van der Waals surface area contributed by atoms with Gasteiger partial charge in [-0.2, -0.15) is 0 Å². The van der Waals surface area contributed by atoms with Crippen molar-refractivity contribution < 1.29 is 38.3 Å². The fraction of sp³-hybridized carbons (Fsp3) is 0.429. The molecule has 0 aliphatic carbocycles. The number of carbonyl (C=O) groups excluding carboxylic acids is 3. The number of alkyl carbamates (subject to hydrolysis) is 1. The summed E-state index contributed by atoms with van der Waals surface area (Å²) in [5.74, 6) is -2.65. The van der Waals surface area contributed by atoms with Crippen molar-refractivity contribution >= 4 is 34.7 Å². The van der Waals surface area contributed by atoms with Gasteiger partial charge in [-0.1, -0.05) is 42.5 Å². The zero-order valence-corrected chi connectivity index (χ0v) is 23.8. The Balaban J connectivity index is 2.24. The number of aromatic hydroxyl groups is 1. The number of phenolic OH excluding ortho intramolecular Hbond substituents is 1. The largest absolute Gasteiger partial charge is 0.508 e. The Hall–Kier alpha value is -3.93. The molecule has 0 saturated heterocycles. The molecule has 0 spiro atoms. The number of nitrogens with one attached hydrogen (secondary N) is 3. The van der Waals surface area contributed by atoms with Crippen LogP contribution in [0.4, 0.5) is 4.79 Å². The highest BCUT2D eigenvalue weighted by Gasteiger charge is 2.31. The first-order valence-corrected chi connectivity index (χ1v) is 14.4. The molecule has 12 heteroatoms. The summed E-state index contributed by atoms with van der Waals surface area (Å²) in [7, 11) is -1.30. The summed E-state index contributed by atoms with van der Waals surface area (Å²) in [6.45, 7) is 5.00. The van der Waals surface area contributed by atoms with Gasteiger partial charge >= 0.3 is 12.1 Å². The van der Waals surface area contributed by atoms with E-state index in [9.17, 15) is 33.6 Å². The molecule has 0 fully saturated rings. The van der Waals surface area contributed by atoms with E-state index in [0.717, 1.165) is 0 Å². The second-order valence-electron chi connectivity index (χ2n) is 10.3. The number of carboxylic acid groups (broad SMARTS) is 1. The topological polar surface area (TPSA) is 171 Å². The van der Waals surface area contributed by atoms with E-state index in [0.29, 0.717) is 11.1 Å². The van der Waals surface area contributed by atoms with Crippen LogP contribution in [0.25, 0.3) is 0 Å². The molecular formula is C28H37N3O8S. The Morgan fingerprint density at radius 2 is 1.35 bits per heavy atom. The van der Waals surface area contributed by atoms with Crippen LogP contribution in [-0.4, -0.2) is 74.0 Å². The summed E-state index contributed by atoms with van der Waals surface area (Å²) in [5.41, 5.74) is 0.474. The molecule has 40 heavy (non-hydrogen) atoms. The van der Waals surface area contributed by atoms with E-state index < -0.39 is 58.4 Å². The summed E-state index contributed by atoms with van der Waals surface area (Å²) >= 11 is 0. The summed E-state index contributed by atoms with van der Waals surface area (Å²) in [6.07, 6.45) is 0.591. The molecule has 0 aliphatic heterocycles. The molecule has 2 aromatic rings. The van der Waals surface area contributed by atoms with Gasteiger partial charge in [0.15, 0.2) is 0 Å². The molecule has 0 saturated carbocycles. The second-order valence-corrected chi connectivity index (χ2v) is 11.8. The van der Waals surface area contributed by atoms with Crippen molar-refractivity contribution in [3.05, 3.63) is 65.7 Å². The molecule has 1 unspecified atom stereocenters. The normalized spacial score (nSPS) is 14.2. The minimum atomic E-state index is -1.30. The van der Waals surface area contributed by atoms with Crippen LogP contribution in [0.2, 0.25) is 0 Å². The van der Waals surface area contributed by atoms with Crippen LogP contribution in [0.1, 0.15) is 38.3 Å². The number of phenols is 1. The van der Waals surface area contributed by atoms with Gasteiger partial charge in [0.2, 0.25) is 11.8 Å². The molecule has 2 rings (SSSR count). The van der Waals surface area contributed by atoms with E-state index >= 15 is 0 Å². The molecule has 0 aromatic heterocycles. The fourth-order valence-corrected chi connectivity index (χ4v) is 4.24. The molecule has 0 aliphatic rings. The molecule has 2 aromatic carbocycles. The van der Waals surface area contributed by atoms with Gasteiger partial charge in [-0.25, -0.2) is 9.59 Å². The lowest BCUT2D eigenvalue weighted by Crippen LogP contribution is -2.57. The Labute approximate surface area is 236 Å². The summed E-state index contributed by atoms with van der Waals surface area (Å²) in [4.78, 5) is 51.0. The highest BCUT2D eigenvalue weighted by atomic mass is 32.2. The first kappa shape index (κ1) is 32.3. The van der Waals surface area contributed by atoms with Crippen molar-refractivity contribution in [2.75, 3.05) is 12.0 Å². The van der Waals surface area contributed by atoms with E-state index in [2.05, 4.69) is 16.0 Å². The van der Waals surface area contributed by atoms with Crippen LogP contribution >= 0.6 is 0 Å². The molecule has 218 valence electrons. The Bertz CT molecular complexity index is 1180. The van der Waals surface area contributed by atoms with E-state index in [1.807, 2.05) is 0 Å². The van der Waals surface area contributed by atoms with Crippen molar-refractivity contribution in [1.82, 2.24) is 16.0 Å². The van der Waals surface area contributed by atoms with Gasteiger partial charge in [-0.15, -0.1) is 0 Å². The lowest BCUT2D eigenvalue weighted by atomic mass is 10.0. The third-order valence-electron chi connectivity index (χ3n) is 5.61. The van der Waals surface area contributed by atoms with Crippen molar-refractivity contribution in [2.24, 2.45) is 0 Å². The SMILES string of the molecule is CS(=O)CC[C@@H](NC(=O)[C@H](Cc1ccc(O)cc1)NC(=O)OC(C)(C)C)C(=O)N[C@@H](Cc1ccccc1)C(=O)O. The molecule has 4 atom stereocenters. The maximum atomic E-state index is 13.4. The Kier molecular flexibility index (Phi) is 12.1. The van der Waals surface area contributed by atoms with Gasteiger partial charge in [0.05, 0.1) is 0 Å². The minimum absolute atomic E-state index is 0.00512. The zero-order valence-electron chi connectivity index (χ0n) is 23.0. The predicted molar refractivity (Wildman–Crippen MR) is 150 cm³/mol. The van der Waals surface area contributed by atoms with Crippen molar-refractivity contribution in [3.63, 3.8) is 0 Å². The summed E-state index contributed by atoms with van der Waals surface area (Å²) in [5, 5.41) is 26.8. The van der Waals surface area contributed by atoms with Crippen LogP contribution < -0.4 is 16.0 Å². The lowest BCUT2D eigenvalue weighted by Gasteiger charge is -2.26. The van der Waals surface area contributed by atoms with E-state index in [4.69, 9.17) is 4.74 Å². The van der Waals surface area contributed by atoms with Crippen LogP contribution in [0, 0.1) is 0 Å². The highest BCUT2D eigenvalue weighted by molar-refractivity contribution is 7.84. The first-order chi connectivity index (χ1) is 18.7. The lowest BCUT2D eigenvalue weighted by molar-refractivity contribution is -0.142. The molecular weight excluding hydrogens is 538 g/mol. The number of hydrogen-bond donors (Lipinski definition) is 5. The maximum absolute atomic E-state index is 13.4. The van der Waals surface area contributed by atoms with Crippen molar-refractivity contribution in [3.8, 4) is 5.75 Å². The molecule has 0 heterocycles. The number of aliphatic carboxylic acids is 1. The number of rotatable bonds is 13. The van der Waals surface area contributed by atoms with Gasteiger partial charge < -0.3 is 30.9 Å². The van der Waals surface area contributed by atoms with Gasteiger partial charge in [0, 0.05) is 35.6 Å². The Morgan fingerprint density at radius 1 is 0.825 bits per heavy atom. The van der Waals surface area contributed by atoms with Gasteiger partial charge in [-0.05, 0) is 50.5 Å². The van der Waals surface area contributed by atoms with Crippen LogP contribution in [-0.2, 0) is 42.8 Å². The second kappa shape index (κ2) is 15.0. The van der Waals surface area contributed by atoms with Crippen LogP contribution in [0.15, 0.2) is 54.6 Å². The average Bonchev–Trinajstić information content (AvgIpc) is 2.86. The standard InChI is InChI=1S/C28H37N3O8S/c1-28(2,3)39-27(37)31-22(16-19-10-12-20(32)13-11-19)25(34)29-21(14-15-40(4)38)24(33)30-23(26(35)36)17-18-8-6-5-7-9-18/h5-13,21-23,32H,14-17H2,1-4H3,(H,29,34)(H,30,33)(H,31,37)(H,35,36)/t21-,22+,23+,40?/m1/s1. The Morgan fingerprint density at radius 3 is 1.90 bits per heavy atom. The zero-order chi connectivity index (χ0) is 29.9. The summed E-state index contributed by atoms with van der Waals surface area (Å²) in [6, 6.07) is 11.1. The highest BCUT2D eigenvalue weighted by Crippen LogP contribution is 2.13. The number of benzene rings is 2. The number of amides is 3. The van der Waals surface area contributed by atoms with Gasteiger partial charge in [0.1, 0.15) is 29.5 Å².